The summed E-state index contributed by atoms with van der Waals surface area (Å²) in [6, 6.07) is 4.26. The summed E-state index contributed by atoms with van der Waals surface area (Å²) in [5.74, 6) is -0.348. The number of nitro benzene ring substituents is 1. The number of unbranched alkanes of at least 4 members (excludes halogenated alkanes) is 2. The van der Waals surface area contributed by atoms with E-state index in [1.165, 1.54) is 29.5 Å². The number of anilines is 1. The number of benzene rings is 1. The minimum Gasteiger partial charge on any atom is -0.296 e. The SMILES string of the molecule is CCCCCc1nnc(NC(=O)c2ccc([N+](=O)[O-])c(C)c2)s1. The van der Waals surface area contributed by atoms with Gasteiger partial charge in [-0.05, 0) is 25.5 Å². The first-order chi connectivity index (χ1) is 11.0. The van der Waals surface area contributed by atoms with Gasteiger partial charge in [0.2, 0.25) is 5.13 Å². The summed E-state index contributed by atoms with van der Waals surface area (Å²) in [7, 11) is 0. The van der Waals surface area contributed by atoms with Crippen LogP contribution in [0.3, 0.4) is 0 Å². The molecule has 1 aromatic carbocycles. The number of aryl methyl sites for hydroxylation is 2. The van der Waals surface area contributed by atoms with Crippen LogP contribution in [0.2, 0.25) is 0 Å². The molecular weight excluding hydrogens is 316 g/mol. The van der Waals surface area contributed by atoms with Gasteiger partial charge in [-0.3, -0.25) is 20.2 Å². The van der Waals surface area contributed by atoms with Gasteiger partial charge in [0, 0.05) is 23.6 Å². The van der Waals surface area contributed by atoms with Crippen LogP contribution >= 0.6 is 11.3 Å². The van der Waals surface area contributed by atoms with Crippen molar-refractivity contribution < 1.29 is 9.72 Å². The highest BCUT2D eigenvalue weighted by molar-refractivity contribution is 7.15. The Labute approximate surface area is 137 Å². The first-order valence-corrected chi connectivity index (χ1v) is 8.21. The Kier molecular flexibility index (Phi) is 5.75. The second-order valence-corrected chi connectivity index (χ2v) is 6.23. The van der Waals surface area contributed by atoms with E-state index in [1.54, 1.807) is 6.92 Å². The molecule has 0 bridgehead atoms. The van der Waals surface area contributed by atoms with Gasteiger partial charge in [0.25, 0.3) is 11.6 Å². The van der Waals surface area contributed by atoms with Crippen molar-refractivity contribution in [3.8, 4) is 0 Å². The number of amides is 1. The summed E-state index contributed by atoms with van der Waals surface area (Å²) in [5, 5.41) is 22.8. The number of aromatic nitrogens is 2. The van der Waals surface area contributed by atoms with Gasteiger partial charge in [0.15, 0.2) is 0 Å². The van der Waals surface area contributed by atoms with Crippen LogP contribution in [0.25, 0.3) is 0 Å². The zero-order chi connectivity index (χ0) is 16.8. The third-order valence-electron chi connectivity index (χ3n) is 3.34. The zero-order valence-electron chi connectivity index (χ0n) is 13.0. The average molecular weight is 334 g/mol. The van der Waals surface area contributed by atoms with Crippen molar-refractivity contribution in [1.29, 1.82) is 0 Å². The molecule has 0 fully saturated rings. The standard InChI is InChI=1S/C15H18N4O3S/c1-3-4-5-6-13-17-18-15(23-13)16-14(20)11-7-8-12(19(21)22)10(2)9-11/h7-9H,3-6H2,1-2H3,(H,16,18,20). The molecule has 7 nitrogen and oxygen atoms in total. The summed E-state index contributed by atoms with van der Waals surface area (Å²) in [5.41, 5.74) is 0.798. The van der Waals surface area contributed by atoms with Crippen molar-refractivity contribution in [3.05, 3.63) is 44.4 Å². The lowest BCUT2D eigenvalue weighted by atomic mass is 10.1. The van der Waals surface area contributed by atoms with E-state index in [-0.39, 0.29) is 11.6 Å². The molecule has 0 radical (unpaired) electrons. The second-order valence-electron chi connectivity index (χ2n) is 5.17. The van der Waals surface area contributed by atoms with E-state index in [4.69, 9.17) is 0 Å². The Hall–Kier alpha value is -2.35. The quantitative estimate of drug-likeness (QED) is 0.472. The predicted octanol–water partition coefficient (Wildman–Crippen LogP) is 3.74. The van der Waals surface area contributed by atoms with Crippen molar-refractivity contribution >= 4 is 28.1 Å². The van der Waals surface area contributed by atoms with Crippen molar-refractivity contribution in [2.75, 3.05) is 5.32 Å². The van der Waals surface area contributed by atoms with Gasteiger partial charge >= 0.3 is 0 Å². The Morgan fingerprint density at radius 2 is 2.13 bits per heavy atom. The highest BCUT2D eigenvalue weighted by Crippen LogP contribution is 2.21. The number of hydrogen-bond acceptors (Lipinski definition) is 6. The van der Waals surface area contributed by atoms with Crippen LogP contribution in [-0.4, -0.2) is 21.0 Å². The van der Waals surface area contributed by atoms with E-state index in [0.717, 1.165) is 30.7 Å². The number of rotatable bonds is 7. The van der Waals surface area contributed by atoms with Crippen LogP contribution < -0.4 is 5.32 Å². The average Bonchev–Trinajstić information content (AvgIpc) is 2.94. The van der Waals surface area contributed by atoms with Gasteiger partial charge < -0.3 is 0 Å². The van der Waals surface area contributed by atoms with E-state index in [9.17, 15) is 14.9 Å². The monoisotopic (exact) mass is 334 g/mol. The molecule has 23 heavy (non-hydrogen) atoms. The Bertz CT molecular complexity index is 714. The summed E-state index contributed by atoms with van der Waals surface area (Å²) in [6.07, 6.45) is 4.20. The number of carbonyl (C=O) groups excluding carboxylic acids is 1. The zero-order valence-corrected chi connectivity index (χ0v) is 13.9. The maximum absolute atomic E-state index is 12.2. The predicted molar refractivity (Wildman–Crippen MR) is 88.9 cm³/mol. The number of carbonyl (C=O) groups is 1. The lowest BCUT2D eigenvalue weighted by Crippen LogP contribution is -2.12. The molecule has 2 rings (SSSR count). The molecule has 8 heteroatoms. The maximum atomic E-state index is 12.2. The van der Waals surface area contributed by atoms with E-state index >= 15 is 0 Å². The van der Waals surface area contributed by atoms with Crippen molar-refractivity contribution in [2.45, 2.75) is 39.5 Å². The van der Waals surface area contributed by atoms with Crippen LogP contribution in [0.4, 0.5) is 10.8 Å². The van der Waals surface area contributed by atoms with Gasteiger partial charge in [-0.15, -0.1) is 10.2 Å². The molecule has 0 aliphatic heterocycles. The second kappa shape index (κ2) is 7.77. The van der Waals surface area contributed by atoms with Crippen LogP contribution in [0.15, 0.2) is 18.2 Å². The number of nitrogens with one attached hydrogen (secondary N) is 1. The molecule has 1 aromatic heterocycles. The van der Waals surface area contributed by atoms with Gasteiger partial charge in [-0.2, -0.15) is 0 Å². The van der Waals surface area contributed by atoms with E-state index in [2.05, 4.69) is 22.4 Å². The lowest BCUT2D eigenvalue weighted by Gasteiger charge is -2.03. The molecular formula is C15H18N4O3S. The molecule has 1 amide bonds. The van der Waals surface area contributed by atoms with Gasteiger partial charge in [-0.1, -0.05) is 31.1 Å². The molecule has 1 N–H and O–H groups in total. The molecule has 0 saturated carbocycles. The van der Waals surface area contributed by atoms with Crippen molar-refractivity contribution in [1.82, 2.24) is 10.2 Å². The lowest BCUT2D eigenvalue weighted by molar-refractivity contribution is -0.385. The fraction of sp³-hybridized carbons (Fsp3) is 0.400. The largest absolute Gasteiger partial charge is 0.296 e. The third-order valence-corrected chi connectivity index (χ3v) is 4.24. The van der Waals surface area contributed by atoms with E-state index in [1.807, 2.05) is 0 Å². The Balaban J connectivity index is 2.02. The molecule has 0 saturated heterocycles. The van der Waals surface area contributed by atoms with Gasteiger partial charge in [0.05, 0.1) is 4.92 Å². The van der Waals surface area contributed by atoms with E-state index in [0.29, 0.717) is 16.3 Å². The van der Waals surface area contributed by atoms with Gasteiger partial charge in [0.1, 0.15) is 5.01 Å². The minimum absolute atomic E-state index is 0.00400. The summed E-state index contributed by atoms with van der Waals surface area (Å²) in [4.78, 5) is 22.5. The molecule has 0 spiro atoms. The molecule has 0 aliphatic carbocycles. The highest BCUT2D eigenvalue weighted by Gasteiger charge is 2.15. The van der Waals surface area contributed by atoms with Crippen molar-refractivity contribution in [2.24, 2.45) is 0 Å². The van der Waals surface area contributed by atoms with Gasteiger partial charge in [-0.25, -0.2) is 0 Å². The summed E-state index contributed by atoms with van der Waals surface area (Å²) in [6.45, 7) is 3.74. The Morgan fingerprint density at radius 1 is 1.35 bits per heavy atom. The fourth-order valence-corrected chi connectivity index (χ4v) is 2.88. The molecule has 122 valence electrons. The highest BCUT2D eigenvalue weighted by atomic mass is 32.1. The first-order valence-electron chi connectivity index (χ1n) is 7.40. The van der Waals surface area contributed by atoms with E-state index < -0.39 is 4.92 Å². The topological polar surface area (TPSA) is 98.0 Å². The normalized spacial score (nSPS) is 10.5. The number of nitrogens with zero attached hydrogens (tertiary/aromatic N) is 3. The summed E-state index contributed by atoms with van der Waals surface area (Å²) < 4.78 is 0. The number of nitro groups is 1. The minimum atomic E-state index is -0.468. The maximum Gasteiger partial charge on any atom is 0.272 e. The van der Waals surface area contributed by atoms with Crippen LogP contribution in [0.1, 0.15) is 47.1 Å². The smallest absolute Gasteiger partial charge is 0.272 e. The molecule has 2 aromatic rings. The molecule has 1 heterocycles. The number of hydrogen-bond donors (Lipinski definition) is 1. The molecule has 0 unspecified atom stereocenters. The van der Waals surface area contributed by atoms with Crippen LogP contribution in [0.5, 0.6) is 0 Å². The summed E-state index contributed by atoms with van der Waals surface area (Å²) >= 11 is 1.36. The third kappa shape index (κ3) is 4.56. The Morgan fingerprint density at radius 3 is 2.78 bits per heavy atom. The van der Waals surface area contributed by atoms with Crippen LogP contribution in [-0.2, 0) is 6.42 Å². The molecule has 0 atom stereocenters. The fourth-order valence-electron chi connectivity index (χ4n) is 2.10. The van der Waals surface area contributed by atoms with Crippen molar-refractivity contribution in [3.63, 3.8) is 0 Å². The van der Waals surface area contributed by atoms with Crippen LogP contribution in [0, 0.1) is 17.0 Å². The molecule has 0 aliphatic rings. The first kappa shape index (κ1) is 17.0.